The molecule has 0 atom stereocenters. The third-order valence-electron chi connectivity index (χ3n) is 0.979. The molecule has 0 rings (SSSR count). The van der Waals surface area contributed by atoms with E-state index in [2.05, 4.69) is 31.9 Å². The zero-order valence-electron chi connectivity index (χ0n) is 5.58. The van der Waals surface area contributed by atoms with Gasteiger partial charge in [-0.3, -0.25) is 4.79 Å². The van der Waals surface area contributed by atoms with Gasteiger partial charge in [0.05, 0.1) is 0 Å². The monoisotopic (exact) mass is 256 g/mol. The van der Waals surface area contributed by atoms with Crippen molar-refractivity contribution in [2.75, 3.05) is 5.33 Å². The van der Waals surface area contributed by atoms with E-state index >= 15 is 0 Å². The molecule has 9 heavy (non-hydrogen) atoms. The number of hydrogen-bond donors (Lipinski definition) is 0. The molecular weight excluding hydrogens is 248 g/mol. The van der Waals surface area contributed by atoms with Crippen LogP contribution in [-0.4, -0.2) is 10.0 Å². The van der Waals surface area contributed by atoms with Gasteiger partial charge in [0.15, 0.2) is 4.69 Å². The molecule has 0 aromatic carbocycles. The van der Waals surface area contributed by atoms with E-state index in [1.54, 1.807) is 0 Å². The van der Waals surface area contributed by atoms with Crippen LogP contribution < -0.4 is 0 Å². The average molecular weight is 258 g/mol. The molecule has 0 aromatic rings. The molecule has 0 aliphatic carbocycles. The van der Waals surface area contributed by atoms with Crippen LogP contribution in [0.1, 0.15) is 20.3 Å². The molecule has 0 saturated heterocycles. The van der Waals surface area contributed by atoms with Crippen LogP contribution in [0.2, 0.25) is 0 Å². The van der Waals surface area contributed by atoms with Gasteiger partial charge in [0.1, 0.15) is 0 Å². The molecule has 0 aliphatic heterocycles. The van der Waals surface area contributed by atoms with Crippen molar-refractivity contribution in [1.29, 1.82) is 0 Å². The summed E-state index contributed by atoms with van der Waals surface area (Å²) in [5.41, 5.74) is 0.0839. The van der Waals surface area contributed by atoms with Gasteiger partial charge in [-0.1, -0.05) is 29.8 Å². The highest BCUT2D eigenvalue weighted by atomic mass is 79.9. The van der Waals surface area contributed by atoms with Crippen molar-refractivity contribution in [1.82, 2.24) is 0 Å². The highest BCUT2D eigenvalue weighted by molar-refractivity contribution is 9.18. The van der Waals surface area contributed by atoms with Gasteiger partial charge < -0.3 is 0 Å². The number of alkyl halides is 1. The van der Waals surface area contributed by atoms with E-state index in [4.69, 9.17) is 0 Å². The van der Waals surface area contributed by atoms with E-state index in [0.29, 0.717) is 6.42 Å². The maximum atomic E-state index is 10.5. The fraction of sp³-hybridized carbons (Fsp3) is 0.833. The third-order valence-corrected chi connectivity index (χ3v) is 2.78. The highest BCUT2D eigenvalue weighted by Crippen LogP contribution is 2.24. The topological polar surface area (TPSA) is 17.1 Å². The van der Waals surface area contributed by atoms with Gasteiger partial charge in [-0.05, 0) is 21.3 Å². The first kappa shape index (κ1) is 9.63. The van der Waals surface area contributed by atoms with E-state index < -0.39 is 0 Å². The smallest absolute Gasteiger partial charge is 0.198 e. The van der Waals surface area contributed by atoms with Gasteiger partial charge in [-0.15, -0.1) is 0 Å². The normalized spacial score (nSPS) is 11.6. The Balaban J connectivity index is 3.71. The SMILES string of the molecule is CC(C)(CBr)CC(=O)Br. The molecule has 0 aliphatic rings. The average Bonchev–Trinajstić information content (AvgIpc) is 1.63. The predicted molar refractivity (Wildman–Crippen MR) is 46.1 cm³/mol. The first-order valence-corrected chi connectivity index (χ1v) is 4.64. The third kappa shape index (κ3) is 5.09. The minimum atomic E-state index is 0.0759. The Morgan fingerprint density at radius 1 is 1.56 bits per heavy atom. The Kier molecular flexibility index (Phi) is 3.97. The molecule has 1 nitrogen and oxygen atoms in total. The second kappa shape index (κ2) is 3.71. The summed E-state index contributed by atoms with van der Waals surface area (Å²) < 4.78 is 0.0759. The summed E-state index contributed by atoms with van der Waals surface area (Å²) in [5, 5.41) is 0.858. The fourth-order valence-corrected chi connectivity index (χ4v) is 1.38. The van der Waals surface area contributed by atoms with Crippen molar-refractivity contribution < 1.29 is 4.79 Å². The summed E-state index contributed by atoms with van der Waals surface area (Å²) in [6, 6.07) is 0. The molecule has 0 heterocycles. The van der Waals surface area contributed by atoms with Gasteiger partial charge in [-0.25, -0.2) is 0 Å². The number of hydrogen-bond acceptors (Lipinski definition) is 1. The van der Waals surface area contributed by atoms with Crippen LogP contribution in [0.3, 0.4) is 0 Å². The zero-order chi connectivity index (χ0) is 7.49. The van der Waals surface area contributed by atoms with E-state index in [9.17, 15) is 4.79 Å². The van der Waals surface area contributed by atoms with E-state index in [0.717, 1.165) is 5.33 Å². The predicted octanol–water partition coefficient (Wildman–Crippen LogP) is 2.72. The van der Waals surface area contributed by atoms with E-state index in [1.165, 1.54) is 0 Å². The van der Waals surface area contributed by atoms with Crippen LogP contribution >= 0.6 is 31.9 Å². The molecule has 0 amide bonds. The minimum absolute atomic E-state index is 0.0759. The lowest BCUT2D eigenvalue weighted by Crippen LogP contribution is -2.15. The van der Waals surface area contributed by atoms with Crippen molar-refractivity contribution in [3.8, 4) is 0 Å². The molecule has 0 saturated carbocycles. The molecule has 0 radical (unpaired) electrons. The first-order valence-electron chi connectivity index (χ1n) is 2.72. The molecule has 0 spiro atoms. The minimum Gasteiger partial charge on any atom is -0.287 e. The van der Waals surface area contributed by atoms with E-state index in [-0.39, 0.29) is 10.1 Å². The van der Waals surface area contributed by atoms with Crippen LogP contribution in [0.25, 0.3) is 0 Å². The quantitative estimate of drug-likeness (QED) is 0.561. The summed E-state index contributed by atoms with van der Waals surface area (Å²) in [6.45, 7) is 4.09. The van der Waals surface area contributed by atoms with E-state index in [1.807, 2.05) is 13.8 Å². The molecule has 0 fully saturated rings. The summed E-state index contributed by atoms with van der Waals surface area (Å²) >= 11 is 6.22. The van der Waals surface area contributed by atoms with Crippen LogP contribution in [0.15, 0.2) is 0 Å². The van der Waals surface area contributed by atoms with Crippen molar-refractivity contribution in [2.24, 2.45) is 5.41 Å². The van der Waals surface area contributed by atoms with Gasteiger partial charge in [0.25, 0.3) is 0 Å². The number of halogens is 2. The van der Waals surface area contributed by atoms with Crippen molar-refractivity contribution in [2.45, 2.75) is 20.3 Å². The Bertz CT molecular complexity index is 110. The lowest BCUT2D eigenvalue weighted by Gasteiger charge is -2.18. The molecule has 0 unspecified atom stereocenters. The van der Waals surface area contributed by atoms with Gasteiger partial charge >= 0.3 is 0 Å². The Hall–Kier alpha value is 0.630. The largest absolute Gasteiger partial charge is 0.287 e. The Labute approximate surface area is 72.5 Å². The molecule has 0 aromatic heterocycles. The van der Waals surface area contributed by atoms with Gasteiger partial charge in [-0.2, -0.15) is 0 Å². The lowest BCUT2D eigenvalue weighted by atomic mass is 9.93. The maximum Gasteiger partial charge on any atom is 0.198 e. The number of carbonyl (C=O) groups is 1. The Morgan fingerprint density at radius 2 is 2.00 bits per heavy atom. The molecule has 3 heteroatoms. The summed E-state index contributed by atoms with van der Waals surface area (Å²) in [5.74, 6) is 0. The highest BCUT2D eigenvalue weighted by Gasteiger charge is 2.18. The second-order valence-electron chi connectivity index (χ2n) is 2.83. The molecular formula is C6H10Br2O. The van der Waals surface area contributed by atoms with Crippen LogP contribution in [0.4, 0.5) is 0 Å². The lowest BCUT2D eigenvalue weighted by molar-refractivity contribution is -0.111. The standard InChI is InChI=1S/C6H10Br2O/c1-6(2,4-7)3-5(8)9/h3-4H2,1-2H3. The Morgan fingerprint density at radius 3 is 2.11 bits per heavy atom. The van der Waals surface area contributed by atoms with Gasteiger partial charge in [0, 0.05) is 11.8 Å². The van der Waals surface area contributed by atoms with Crippen molar-refractivity contribution in [3.63, 3.8) is 0 Å². The molecule has 0 N–H and O–H groups in total. The molecule has 54 valence electrons. The van der Waals surface area contributed by atoms with Crippen LogP contribution in [0.5, 0.6) is 0 Å². The maximum absolute atomic E-state index is 10.5. The fourth-order valence-electron chi connectivity index (χ4n) is 0.423. The van der Waals surface area contributed by atoms with Crippen LogP contribution in [-0.2, 0) is 4.79 Å². The zero-order valence-corrected chi connectivity index (χ0v) is 8.75. The summed E-state index contributed by atoms with van der Waals surface area (Å²) in [4.78, 5) is 10.5. The summed E-state index contributed by atoms with van der Waals surface area (Å²) in [7, 11) is 0. The summed E-state index contributed by atoms with van der Waals surface area (Å²) in [6.07, 6.45) is 0.582. The number of carbonyl (C=O) groups excluding carboxylic acids is 1. The number of rotatable bonds is 3. The molecule has 0 bridgehead atoms. The second-order valence-corrected chi connectivity index (χ2v) is 4.27. The van der Waals surface area contributed by atoms with Crippen LogP contribution in [0, 0.1) is 5.41 Å². The van der Waals surface area contributed by atoms with Crippen molar-refractivity contribution in [3.05, 3.63) is 0 Å². The first-order chi connectivity index (χ1) is 3.98. The van der Waals surface area contributed by atoms with Gasteiger partial charge in [0.2, 0.25) is 0 Å². The van der Waals surface area contributed by atoms with Crippen molar-refractivity contribution >= 4 is 36.6 Å².